The summed E-state index contributed by atoms with van der Waals surface area (Å²) >= 11 is 0. The van der Waals surface area contributed by atoms with E-state index in [4.69, 9.17) is 14.2 Å². The first kappa shape index (κ1) is 18.8. The van der Waals surface area contributed by atoms with E-state index >= 15 is 0 Å². The number of rotatable bonds is 5. The molecule has 29 heavy (non-hydrogen) atoms. The van der Waals surface area contributed by atoms with Crippen LogP contribution in [0.2, 0.25) is 0 Å². The first-order valence-corrected chi connectivity index (χ1v) is 8.98. The quantitative estimate of drug-likeness (QED) is 0.713. The van der Waals surface area contributed by atoms with Crippen molar-refractivity contribution < 1.29 is 23.4 Å². The van der Waals surface area contributed by atoms with Crippen molar-refractivity contribution in [3.8, 4) is 22.9 Å². The molecule has 150 valence electrons. The Balaban J connectivity index is 1.88. The van der Waals surface area contributed by atoms with E-state index in [1.54, 1.807) is 32.7 Å². The van der Waals surface area contributed by atoms with Crippen LogP contribution in [0.4, 0.5) is 10.2 Å². The number of fused-ring (bicyclic) bond motifs is 1. The van der Waals surface area contributed by atoms with E-state index in [9.17, 15) is 9.18 Å². The van der Waals surface area contributed by atoms with Gasteiger partial charge in [-0.1, -0.05) is 0 Å². The summed E-state index contributed by atoms with van der Waals surface area (Å²) in [7, 11) is 4.63. The van der Waals surface area contributed by atoms with Crippen molar-refractivity contribution in [1.82, 2.24) is 9.55 Å². The Morgan fingerprint density at radius 3 is 2.31 bits per heavy atom. The fraction of sp³-hybridized carbons (Fsp3) is 0.238. The van der Waals surface area contributed by atoms with Crippen molar-refractivity contribution in [3.63, 3.8) is 0 Å². The molecule has 4 rings (SSSR count). The molecule has 0 spiro atoms. The molecule has 0 saturated heterocycles. The first-order valence-electron chi connectivity index (χ1n) is 8.98. The Kier molecular flexibility index (Phi) is 4.84. The summed E-state index contributed by atoms with van der Waals surface area (Å²) in [4.78, 5) is 16.7. The Labute approximate surface area is 167 Å². The second-order valence-electron chi connectivity index (χ2n) is 6.59. The minimum Gasteiger partial charge on any atom is -0.493 e. The predicted octanol–water partition coefficient (Wildman–Crippen LogP) is 3.51. The molecule has 1 aliphatic rings. The minimum atomic E-state index is -0.322. The molecule has 0 saturated carbocycles. The molecule has 2 heterocycles. The molecule has 7 nitrogen and oxygen atoms in total. The van der Waals surface area contributed by atoms with Crippen LogP contribution in [0.5, 0.6) is 17.2 Å². The molecule has 1 aliphatic heterocycles. The van der Waals surface area contributed by atoms with Crippen molar-refractivity contribution in [2.75, 3.05) is 26.6 Å². The van der Waals surface area contributed by atoms with Crippen LogP contribution in [0, 0.1) is 5.82 Å². The second-order valence-corrected chi connectivity index (χ2v) is 6.59. The zero-order valence-electron chi connectivity index (χ0n) is 16.2. The second kappa shape index (κ2) is 7.46. The highest BCUT2D eigenvalue weighted by Crippen LogP contribution is 2.44. The monoisotopic (exact) mass is 397 g/mol. The number of nitrogens with zero attached hydrogens (tertiary/aromatic N) is 2. The van der Waals surface area contributed by atoms with Crippen molar-refractivity contribution in [2.24, 2.45) is 0 Å². The summed E-state index contributed by atoms with van der Waals surface area (Å²) in [6.45, 7) is 0. The minimum absolute atomic E-state index is 0.138. The topological polar surface area (TPSA) is 74.6 Å². The first-order chi connectivity index (χ1) is 14.0. The van der Waals surface area contributed by atoms with E-state index in [1.807, 2.05) is 16.7 Å². The van der Waals surface area contributed by atoms with Crippen LogP contribution in [-0.2, 0) is 4.79 Å². The number of carbonyl (C=O) groups is 1. The van der Waals surface area contributed by atoms with Crippen molar-refractivity contribution in [2.45, 2.75) is 12.3 Å². The van der Waals surface area contributed by atoms with Gasteiger partial charge in [-0.3, -0.25) is 4.79 Å². The third-order valence-corrected chi connectivity index (χ3v) is 4.98. The lowest BCUT2D eigenvalue weighted by molar-refractivity contribution is -0.116. The smallest absolute Gasteiger partial charge is 0.226 e. The summed E-state index contributed by atoms with van der Waals surface area (Å²) in [6.07, 6.45) is 1.84. The van der Waals surface area contributed by atoms with E-state index in [2.05, 4.69) is 10.3 Å². The molecule has 0 fully saturated rings. The summed E-state index contributed by atoms with van der Waals surface area (Å²) in [5.74, 6) is 1.19. The van der Waals surface area contributed by atoms with Gasteiger partial charge in [-0.05, 0) is 42.0 Å². The molecule has 2 aromatic carbocycles. The van der Waals surface area contributed by atoms with Gasteiger partial charge in [0.25, 0.3) is 0 Å². The van der Waals surface area contributed by atoms with Crippen molar-refractivity contribution in [3.05, 3.63) is 59.8 Å². The van der Waals surface area contributed by atoms with E-state index in [1.165, 1.54) is 19.2 Å². The van der Waals surface area contributed by atoms with Crippen LogP contribution >= 0.6 is 0 Å². The van der Waals surface area contributed by atoms with Crippen molar-refractivity contribution >= 4 is 11.7 Å². The zero-order chi connectivity index (χ0) is 20.5. The van der Waals surface area contributed by atoms with Gasteiger partial charge in [0.2, 0.25) is 11.7 Å². The summed E-state index contributed by atoms with van der Waals surface area (Å²) in [5.41, 5.74) is 2.36. The molecule has 0 radical (unpaired) electrons. The van der Waals surface area contributed by atoms with Gasteiger partial charge in [0.15, 0.2) is 17.3 Å². The maximum absolute atomic E-state index is 13.4. The number of hydrogen-bond donors (Lipinski definition) is 1. The number of aromatic nitrogens is 2. The highest BCUT2D eigenvalue weighted by molar-refractivity contribution is 5.94. The van der Waals surface area contributed by atoms with Crippen LogP contribution < -0.4 is 19.5 Å². The highest BCUT2D eigenvalue weighted by Gasteiger charge is 2.32. The Morgan fingerprint density at radius 2 is 1.72 bits per heavy atom. The Morgan fingerprint density at radius 1 is 1.07 bits per heavy atom. The third-order valence-electron chi connectivity index (χ3n) is 4.98. The fourth-order valence-electron chi connectivity index (χ4n) is 3.64. The number of anilines is 1. The van der Waals surface area contributed by atoms with Crippen LogP contribution in [0.3, 0.4) is 0 Å². The van der Waals surface area contributed by atoms with Gasteiger partial charge in [-0.25, -0.2) is 9.37 Å². The molecule has 8 heteroatoms. The molecule has 1 amide bonds. The summed E-state index contributed by atoms with van der Waals surface area (Å²) in [6, 6.07) is 9.77. The SMILES string of the molecule is COc1cc([C@@H]2CC(=O)Nc3ncn(-c4ccc(F)cc4)c32)cc(OC)c1OC. The molecular formula is C21H20FN3O4. The maximum atomic E-state index is 13.4. The van der Waals surface area contributed by atoms with Gasteiger partial charge in [-0.15, -0.1) is 0 Å². The molecule has 1 atom stereocenters. The number of benzene rings is 2. The van der Waals surface area contributed by atoms with Gasteiger partial charge in [0.1, 0.15) is 12.1 Å². The Bertz CT molecular complexity index is 1040. The normalized spacial score (nSPS) is 15.4. The van der Waals surface area contributed by atoms with Gasteiger partial charge in [0, 0.05) is 18.0 Å². The molecule has 1 N–H and O–H groups in total. The summed E-state index contributed by atoms with van der Waals surface area (Å²) in [5, 5.41) is 2.81. The Hall–Kier alpha value is -3.55. The van der Waals surface area contributed by atoms with Crippen LogP contribution in [0.25, 0.3) is 5.69 Å². The number of amides is 1. The molecule has 1 aromatic heterocycles. The lowest BCUT2D eigenvalue weighted by Crippen LogP contribution is -2.25. The van der Waals surface area contributed by atoms with Crippen LogP contribution in [-0.4, -0.2) is 36.8 Å². The van der Waals surface area contributed by atoms with Crippen LogP contribution in [0.1, 0.15) is 23.6 Å². The third kappa shape index (κ3) is 3.26. The molecule has 0 unspecified atom stereocenters. The summed E-state index contributed by atoms with van der Waals surface area (Å²) < 4.78 is 31.6. The number of halogens is 1. The fourth-order valence-corrected chi connectivity index (χ4v) is 3.64. The van der Waals surface area contributed by atoms with Gasteiger partial charge >= 0.3 is 0 Å². The van der Waals surface area contributed by atoms with Gasteiger partial charge in [-0.2, -0.15) is 0 Å². The lowest BCUT2D eigenvalue weighted by Gasteiger charge is -2.26. The number of carbonyl (C=O) groups excluding carboxylic acids is 1. The number of imidazole rings is 1. The average molecular weight is 397 g/mol. The molecule has 0 bridgehead atoms. The maximum Gasteiger partial charge on any atom is 0.226 e. The number of methoxy groups -OCH3 is 3. The standard InChI is InChI=1S/C21H20FN3O4/c1-27-16-8-12(9-17(28-2)20(16)29-3)15-10-18(26)24-21-19(15)25(11-23-21)14-6-4-13(22)5-7-14/h4-9,11,15H,10H2,1-3H3,(H,24,26)/t15-/m0/s1. The van der Waals surface area contributed by atoms with E-state index < -0.39 is 0 Å². The van der Waals surface area contributed by atoms with E-state index in [0.29, 0.717) is 23.1 Å². The highest BCUT2D eigenvalue weighted by atomic mass is 19.1. The largest absolute Gasteiger partial charge is 0.493 e. The van der Waals surface area contributed by atoms with Gasteiger partial charge < -0.3 is 24.1 Å². The van der Waals surface area contributed by atoms with E-state index in [-0.39, 0.29) is 24.1 Å². The van der Waals surface area contributed by atoms with Gasteiger partial charge in [0.05, 0.1) is 27.0 Å². The molecule has 3 aromatic rings. The predicted molar refractivity (Wildman–Crippen MR) is 105 cm³/mol. The number of ether oxygens (including phenoxy) is 3. The van der Waals surface area contributed by atoms with E-state index in [0.717, 1.165) is 16.9 Å². The van der Waals surface area contributed by atoms with Crippen molar-refractivity contribution in [1.29, 1.82) is 0 Å². The number of nitrogens with one attached hydrogen (secondary N) is 1. The molecular weight excluding hydrogens is 377 g/mol. The lowest BCUT2D eigenvalue weighted by atomic mass is 9.89. The average Bonchev–Trinajstić information content (AvgIpc) is 3.16. The number of hydrogen-bond acceptors (Lipinski definition) is 5. The zero-order valence-corrected chi connectivity index (χ0v) is 16.2. The molecule has 0 aliphatic carbocycles. The van der Waals surface area contributed by atoms with Crippen LogP contribution in [0.15, 0.2) is 42.7 Å².